The Morgan fingerprint density at radius 2 is 2.31 bits per heavy atom. The number of nitrogens with two attached hydrogens (primary N) is 1. The van der Waals surface area contributed by atoms with Gasteiger partial charge in [0.2, 0.25) is 0 Å². The standard InChI is InChI=1S/C11H15N5/c1-9-7-14-16(8-9)6-5-13-11-4-2-3-10(12)15-11/h2-4,7-8H,5-6H2,1H3,(H3,12,13,15). The van der Waals surface area contributed by atoms with Crippen LogP contribution >= 0.6 is 0 Å². The van der Waals surface area contributed by atoms with Gasteiger partial charge in [-0.05, 0) is 24.6 Å². The molecule has 3 N–H and O–H groups in total. The van der Waals surface area contributed by atoms with Gasteiger partial charge < -0.3 is 11.1 Å². The molecule has 0 saturated heterocycles. The second kappa shape index (κ2) is 4.65. The molecule has 0 saturated carbocycles. The van der Waals surface area contributed by atoms with Crippen LogP contribution in [-0.2, 0) is 6.54 Å². The molecule has 0 aliphatic heterocycles. The summed E-state index contributed by atoms with van der Waals surface area (Å²) in [5.74, 6) is 1.32. The molecule has 0 aromatic carbocycles. The number of anilines is 2. The van der Waals surface area contributed by atoms with Crippen LogP contribution in [0, 0.1) is 6.92 Å². The van der Waals surface area contributed by atoms with Crippen LogP contribution in [0.15, 0.2) is 30.6 Å². The largest absolute Gasteiger partial charge is 0.384 e. The van der Waals surface area contributed by atoms with Crippen LogP contribution in [0.3, 0.4) is 0 Å². The molecule has 84 valence electrons. The molecular weight excluding hydrogens is 202 g/mol. The van der Waals surface area contributed by atoms with E-state index in [1.165, 1.54) is 5.56 Å². The van der Waals surface area contributed by atoms with E-state index < -0.39 is 0 Å². The molecule has 0 amide bonds. The fourth-order valence-corrected chi connectivity index (χ4v) is 1.44. The van der Waals surface area contributed by atoms with Crippen molar-refractivity contribution in [3.8, 4) is 0 Å². The third-order valence-electron chi connectivity index (χ3n) is 2.18. The Bertz CT molecular complexity index is 463. The summed E-state index contributed by atoms with van der Waals surface area (Å²) in [6.45, 7) is 3.61. The zero-order valence-corrected chi connectivity index (χ0v) is 9.22. The van der Waals surface area contributed by atoms with E-state index in [9.17, 15) is 0 Å². The SMILES string of the molecule is Cc1cnn(CCNc2cccc(N)n2)c1. The third kappa shape index (κ3) is 2.73. The molecule has 2 aromatic heterocycles. The Labute approximate surface area is 94.3 Å². The Balaban J connectivity index is 1.84. The molecule has 0 spiro atoms. The molecule has 0 atom stereocenters. The molecule has 2 aromatic rings. The lowest BCUT2D eigenvalue weighted by molar-refractivity contribution is 0.637. The van der Waals surface area contributed by atoms with Gasteiger partial charge in [0.1, 0.15) is 11.6 Å². The summed E-state index contributed by atoms with van der Waals surface area (Å²) in [6, 6.07) is 5.54. The molecular formula is C11H15N5. The number of hydrogen-bond acceptors (Lipinski definition) is 4. The first kappa shape index (κ1) is 10.5. The van der Waals surface area contributed by atoms with Gasteiger partial charge in [-0.1, -0.05) is 6.07 Å². The molecule has 5 nitrogen and oxygen atoms in total. The average Bonchev–Trinajstić information content (AvgIpc) is 2.64. The molecule has 2 heterocycles. The highest BCUT2D eigenvalue weighted by molar-refractivity contribution is 5.41. The van der Waals surface area contributed by atoms with Gasteiger partial charge in [0, 0.05) is 12.7 Å². The summed E-state index contributed by atoms with van der Waals surface area (Å²) in [7, 11) is 0. The van der Waals surface area contributed by atoms with Crippen molar-refractivity contribution in [1.82, 2.24) is 14.8 Å². The Morgan fingerprint density at radius 1 is 1.44 bits per heavy atom. The van der Waals surface area contributed by atoms with E-state index in [1.54, 1.807) is 6.07 Å². The van der Waals surface area contributed by atoms with Crippen molar-refractivity contribution in [2.75, 3.05) is 17.6 Å². The summed E-state index contributed by atoms with van der Waals surface area (Å²) < 4.78 is 1.90. The molecule has 0 unspecified atom stereocenters. The van der Waals surface area contributed by atoms with Crippen LogP contribution in [0.1, 0.15) is 5.56 Å². The van der Waals surface area contributed by atoms with Crippen LogP contribution in [-0.4, -0.2) is 21.3 Å². The van der Waals surface area contributed by atoms with E-state index in [4.69, 9.17) is 5.73 Å². The number of nitrogens with zero attached hydrogens (tertiary/aromatic N) is 3. The first-order valence-corrected chi connectivity index (χ1v) is 5.19. The predicted octanol–water partition coefficient (Wildman–Crippen LogP) is 1.28. The highest BCUT2D eigenvalue weighted by Gasteiger charge is 1.95. The van der Waals surface area contributed by atoms with Crippen molar-refractivity contribution >= 4 is 11.6 Å². The van der Waals surface area contributed by atoms with Gasteiger partial charge in [-0.3, -0.25) is 4.68 Å². The molecule has 0 fully saturated rings. The summed E-state index contributed by atoms with van der Waals surface area (Å²) in [4.78, 5) is 4.15. The minimum absolute atomic E-state index is 0.528. The van der Waals surface area contributed by atoms with Gasteiger partial charge >= 0.3 is 0 Å². The smallest absolute Gasteiger partial charge is 0.128 e. The lowest BCUT2D eigenvalue weighted by atomic mass is 10.4. The molecule has 0 aliphatic carbocycles. The van der Waals surface area contributed by atoms with Crippen LogP contribution in [0.5, 0.6) is 0 Å². The molecule has 0 aliphatic rings. The summed E-state index contributed by atoms with van der Waals surface area (Å²) >= 11 is 0. The van der Waals surface area contributed by atoms with Crippen LogP contribution < -0.4 is 11.1 Å². The number of rotatable bonds is 4. The third-order valence-corrected chi connectivity index (χ3v) is 2.18. The second-order valence-corrected chi connectivity index (χ2v) is 3.66. The van der Waals surface area contributed by atoms with Crippen molar-refractivity contribution < 1.29 is 0 Å². The topological polar surface area (TPSA) is 68.8 Å². The van der Waals surface area contributed by atoms with Gasteiger partial charge in [-0.15, -0.1) is 0 Å². The first-order valence-electron chi connectivity index (χ1n) is 5.19. The van der Waals surface area contributed by atoms with E-state index in [1.807, 2.05) is 36.1 Å². The summed E-state index contributed by atoms with van der Waals surface area (Å²) in [6.07, 6.45) is 3.85. The molecule has 0 radical (unpaired) electrons. The highest BCUT2D eigenvalue weighted by Crippen LogP contribution is 2.05. The predicted molar refractivity (Wildman–Crippen MR) is 64.1 cm³/mol. The maximum Gasteiger partial charge on any atom is 0.128 e. The number of nitrogen functional groups attached to an aromatic ring is 1. The summed E-state index contributed by atoms with van der Waals surface area (Å²) in [5.41, 5.74) is 6.74. The van der Waals surface area contributed by atoms with E-state index in [0.717, 1.165) is 18.9 Å². The number of nitrogens with one attached hydrogen (secondary N) is 1. The van der Waals surface area contributed by atoms with Gasteiger partial charge in [0.05, 0.1) is 12.7 Å². The number of aromatic nitrogens is 3. The molecule has 0 bridgehead atoms. The maximum absolute atomic E-state index is 5.58. The maximum atomic E-state index is 5.58. The Hall–Kier alpha value is -2.04. The monoisotopic (exact) mass is 217 g/mol. The zero-order chi connectivity index (χ0) is 11.4. The minimum atomic E-state index is 0.528. The van der Waals surface area contributed by atoms with Crippen molar-refractivity contribution in [2.24, 2.45) is 0 Å². The van der Waals surface area contributed by atoms with Crippen LogP contribution in [0.4, 0.5) is 11.6 Å². The second-order valence-electron chi connectivity index (χ2n) is 3.66. The zero-order valence-electron chi connectivity index (χ0n) is 9.22. The van der Waals surface area contributed by atoms with Crippen molar-refractivity contribution in [1.29, 1.82) is 0 Å². The quantitative estimate of drug-likeness (QED) is 0.809. The van der Waals surface area contributed by atoms with E-state index in [-0.39, 0.29) is 0 Å². The van der Waals surface area contributed by atoms with Crippen molar-refractivity contribution in [3.63, 3.8) is 0 Å². The normalized spacial score (nSPS) is 10.3. The summed E-state index contributed by atoms with van der Waals surface area (Å²) in [5, 5.41) is 7.39. The first-order chi connectivity index (χ1) is 7.74. The Kier molecular flexibility index (Phi) is 3.05. The fourth-order valence-electron chi connectivity index (χ4n) is 1.44. The molecule has 16 heavy (non-hydrogen) atoms. The highest BCUT2D eigenvalue weighted by atomic mass is 15.3. The van der Waals surface area contributed by atoms with Crippen LogP contribution in [0.2, 0.25) is 0 Å². The van der Waals surface area contributed by atoms with E-state index in [2.05, 4.69) is 15.4 Å². The van der Waals surface area contributed by atoms with Gasteiger partial charge in [0.15, 0.2) is 0 Å². The van der Waals surface area contributed by atoms with Crippen LogP contribution in [0.25, 0.3) is 0 Å². The van der Waals surface area contributed by atoms with Gasteiger partial charge in [-0.2, -0.15) is 5.10 Å². The number of hydrogen-bond donors (Lipinski definition) is 2. The molecule has 5 heteroatoms. The van der Waals surface area contributed by atoms with Crippen molar-refractivity contribution in [2.45, 2.75) is 13.5 Å². The lowest BCUT2D eigenvalue weighted by Gasteiger charge is -2.05. The average molecular weight is 217 g/mol. The fraction of sp³-hybridized carbons (Fsp3) is 0.273. The van der Waals surface area contributed by atoms with Gasteiger partial charge in [-0.25, -0.2) is 4.98 Å². The molecule has 2 rings (SSSR count). The van der Waals surface area contributed by atoms with Crippen molar-refractivity contribution in [3.05, 3.63) is 36.2 Å². The van der Waals surface area contributed by atoms with E-state index >= 15 is 0 Å². The number of pyridine rings is 1. The lowest BCUT2D eigenvalue weighted by Crippen LogP contribution is -2.11. The Morgan fingerprint density at radius 3 is 3.00 bits per heavy atom. The van der Waals surface area contributed by atoms with Gasteiger partial charge in [0.25, 0.3) is 0 Å². The minimum Gasteiger partial charge on any atom is -0.384 e. The van der Waals surface area contributed by atoms with E-state index in [0.29, 0.717) is 5.82 Å². The number of aryl methyl sites for hydroxylation is 1.